The average molecular weight is 365 g/mol. The molecule has 0 spiro atoms. The third-order valence-electron chi connectivity index (χ3n) is 4.00. The van der Waals surface area contributed by atoms with E-state index in [2.05, 4.69) is 20.2 Å². The van der Waals surface area contributed by atoms with E-state index in [0.29, 0.717) is 22.4 Å². The maximum absolute atomic E-state index is 12.5. The van der Waals surface area contributed by atoms with Gasteiger partial charge in [-0.3, -0.25) is 14.7 Å². The zero-order valence-corrected chi connectivity index (χ0v) is 15.0. The van der Waals surface area contributed by atoms with Gasteiger partial charge in [-0.1, -0.05) is 36.0 Å². The van der Waals surface area contributed by atoms with Crippen LogP contribution in [0.4, 0.5) is 5.69 Å². The van der Waals surface area contributed by atoms with Crippen LogP contribution in [0.2, 0.25) is 0 Å². The van der Waals surface area contributed by atoms with Crippen LogP contribution in [0.3, 0.4) is 0 Å². The highest BCUT2D eigenvalue weighted by molar-refractivity contribution is 7.98. The fourth-order valence-corrected chi connectivity index (χ4v) is 3.17. The molecule has 0 aliphatic carbocycles. The van der Waals surface area contributed by atoms with E-state index in [4.69, 9.17) is 4.74 Å². The lowest BCUT2D eigenvalue weighted by Crippen LogP contribution is -2.36. The zero-order valence-electron chi connectivity index (χ0n) is 14.2. The summed E-state index contributed by atoms with van der Waals surface area (Å²) >= 11 is 1.38. The van der Waals surface area contributed by atoms with Crippen LogP contribution in [0, 0.1) is 0 Å². The standard InChI is InChI=1S/C18H15N5O2S/c1-11(24)23-14-8-4-3-7-13(14)15-16(20-18(26-2)22-21-15)25-17(23)12-6-5-9-19-10-12/h3-10,17H,1-2H3/t17-/m0/s1. The Bertz CT molecular complexity index is 967. The van der Waals surface area contributed by atoms with Crippen molar-refractivity contribution in [1.82, 2.24) is 20.2 Å². The number of aromatic nitrogens is 4. The summed E-state index contributed by atoms with van der Waals surface area (Å²) in [5.41, 5.74) is 2.70. The minimum Gasteiger partial charge on any atom is -0.447 e. The molecule has 1 aromatic carbocycles. The summed E-state index contributed by atoms with van der Waals surface area (Å²) in [5, 5.41) is 8.93. The van der Waals surface area contributed by atoms with Crippen LogP contribution in [0.15, 0.2) is 53.9 Å². The molecule has 8 heteroatoms. The van der Waals surface area contributed by atoms with E-state index < -0.39 is 6.23 Å². The van der Waals surface area contributed by atoms with E-state index in [-0.39, 0.29) is 5.91 Å². The SMILES string of the molecule is CSc1nnc2c(n1)O[C@@H](c1cccnc1)N(C(C)=O)c1ccccc1-2. The molecule has 2 aromatic heterocycles. The lowest BCUT2D eigenvalue weighted by atomic mass is 10.1. The number of amides is 1. The second-order valence-corrected chi connectivity index (χ2v) is 6.39. The molecule has 1 aliphatic rings. The summed E-state index contributed by atoms with van der Waals surface area (Å²) in [6, 6.07) is 11.2. The van der Waals surface area contributed by atoms with E-state index in [1.165, 1.54) is 18.7 Å². The number of rotatable bonds is 2. The summed E-state index contributed by atoms with van der Waals surface area (Å²) in [5.74, 6) is 0.187. The number of carbonyl (C=O) groups excluding carboxylic acids is 1. The highest BCUT2D eigenvalue weighted by atomic mass is 32.2. The molecule has 1 amide bonds. The van der Waals surface area contributed by atoms with Crippen molar-refractivity contribution in [2.45, 2.75) is 18.3 Å². The molecule has 3 heterocycles. The van der Waals surface area contributed by atoms with Crippen LogP contribution < -0.4 is 9.64 Å². The Morgan fingerprint density at radius 1 is 1.19 bits per heavy atom. The number of nitrogens with zero attached hydrogens (tertiary/aromatic N) is 5. The van der Waals surface area contributed by atoms with Gasteiger partial charge < -0.3 is 4.74 Å². The van der Waals surface area contributed by atoms with Crippen LogP contribution >= 0.6 is 11.8 Å². The molecule has 26 heavy (non-hydrogen) atoms. The first-order valence-corrected chi connectivity index (χ1v) is 9.16. The minimum absolute atomic E-state index is 0.155. The second kappa shape index (κ2) is 6.72. The maximum atomic E-state index is 12.5. The van der Waals surface area contributed by atoms with Gasteiger partial charge in [0.25, 0.3) is 0 Å². The quantitative estimate of drug-likeness (QED) is 0.646. The number of ether oxygens (including phenoxy) is 1. The van der Waals surface area contributed by atoms with Crippen molar-refractivity contribution in [3.63, 3.8) is 0 Å². The normalized spacial score (nSPS) is 15.5. The molecule has 0 bridgehead atoms. The lowest BCUT2D eigenvalue weighted by molar-refractivity contribution is -0.118. The van der Waals surface area contributed by atoms with Gasteiger partial charge in [-0.05, 0) is 18.4 Å². The van der Waals surface area contributed by atoms with Gasteiger partial charge in [-0.15, -0.1) is 10.2 Å². The van der Waals surface area contributed by atoms with Gasteiger partial charge >= 0.3 is 0 Å². The molecule has 130 valence electrons. The molecular formula is C18H15N5O2S. The van der Waals surface area contributed by atoms with Gasteiger partial charge in [-0.2, -0.15) is 4.98 Å². The fourth-order valence-electron chi connectivity index (χ4n) is 2.88. The van der Waals surface area contributed by atoms with Gasteiger partial charge in [0.1, 0.15) is 0 Å². The average Bonchev–Trinajstić information content (AvgIpc) is 2.82. The van der Waals surface area contributed by atoms with E-state index in [0.717, 1.165) is 11.1 Å². The number of anilines is 1. The van der Waals surface area contributed by atoms with Gasteiger partial charge in [0.15, 0.2) is 5.69 Å². The summed E-state index contributed by atoms with van der Waals surface area (Å²) in [6.45, 7) is 1.51. The minimum atomic E-state index is -0.699. The van der Waals surface area contributed by atoms with Crippen molar-refractivity contribution in [2.75, 3.05) is 11.2 Å². The van der Waals surface area contributed by atoms with Crippen LogP contribution in [-0.4, -0.2) is 32.3 Å². The Hall–Kier alpha value is -3.00. The van der Waals surface area contributed by atoms with Crippen molar-refractivity contribution in [1.29, 1.82) is 0 Å². The molecule has 4 rings (SSSR count). The monoisotopic (exact) mass is 365 g/mol. The highest BCUT2D eigenvalue weighted by Crippen LogP contribution is 2.42. The summed E-state index contributed by atoms with van der Waals surface area (Å²) in [4.78, 5) is 22.8. The molecule has 0 radical (unpaired) electrons. The third kappa shape index (κ3) is 2.78. The van der Waals surface area contributed by atoms with Crippen molar-refractivity contribution < 1.29 is 9.53 Å². The van der Waals surface area contributed by atoms with Crippen LogP contribution in [-0.2, 0) is 4.79 Å². The molecule has 1 atom stereocenters. The number of thioether (sulfide) groups is 1. The van der Waals surface area contributed by atoms with Gasteiger partial charge in [-0.25, -0.2) is 0 Å². The van der Waals surface area contributed by atoms with Crippen molar-refractivity contribution in [2.24, 2.45) is 0 Å². The predicted octanol–water partition coefficient (Wildman–Crippen LogP) is 3.10. The number of hydrogen-bond acceptors (Lipinski definition) is 7. The molecule has 0 fully saturated rings. The van der Waals surface area contributed by atoms with Gasteiger partial charge in [0.05, 0.1) is 5.69 Å². The first-order valence-electron chi connectivity index (χ1n) is 7.93. The maximum Gasteiger partial charge on any atom is 0.247 e. The number of fused-ring (bicyclic) bond motifs is 3. The Labute approximate surface area is 154 Å². The smallest absolute Gasteiger partial charge is 0.247 e. The van der Waals surface area contributed by atoms with Crippen molar-refractivity contribution in [3.8, 4) is 17.1 Å². The summed E-state index contributed by atoms with van der Waals surface area (Å²) in [6.07, 6.45) is 4.53. The Morgan fingerprint density at radius 2 is 2.04 bits per heavy atom. The number of benzene rings is 1. The zero-order chi connectivity index (χ0) is 18.1. The van der Waals surface area contributed by atoms with Crippen molar-refractivity contribution in [3.05, 3.63) is 54.4 Å². The first-order chi connectivity index (χ1) is 12.7. The lowest BCUT2D eigenvalue weighted by Gasteiger charge is -2.29. The molecule has 0 saturated heterocycles. The number of hydrogen-bond donors (Lipinski definition) is 0. The highest BCUT2D eigenvalue weighted by Gasteiger charge is 2.34. The van der Waals surface area contributed by atoms with E-state index >= 15 is 0 Å². The van der Waals surface area contributed by atoms with Gasteiger partial charge in [0, 0.05) is 30.4 Å². The van der Waals surface area contributed by atoms with Crippen LogP contribution in [0.1, 0.15) is 18.7 Å². The van der Waals surface area contributed by atoms with Crippen LogP contribution in [0.25, 0.3) is 11.3 Å². The molecule has 7 nitrogen and oxygen atoms in total. The van der Waals surface area contributed by atoms with E-state index in [1.54, 1.807) is 23.4 Å². The third-order valence-corrected chi connectivity index (χ3v) is 4.54. The molecular weight excluding hydrogens is 350 g/mol. The molecule has 1 aliphatic heterocycles. The van der Waals surface area contributed by atoms with E-state index in [9.17, 15) is 4.79 Å². The molecule has 0 N–H and O–H groups in total. The molecule has 0 unspecified atom stereocenters. The molecule has 3 aromatic rings. The Kier molecular flexibility index (Phi) is 4.26. The summed E-state index contributed by atoms with van der Waals surface area (Å²) in [7, 11) is 0. The second-order valence-electron chi connectivity index (χ2n) is 5.62. The Balaban J connectivity index is 1.98. The van der Waals surface area contributed by atoms with E-state index in [1.807, 2.05) is 36.6 Å². The van der Waals surface area contributed by atoms with Crippen LogP contribution in [0.5, 0.6) is 5.88 Å². The Morgan fingerprint density at radius 3 is 2.77 bits per heavy atom. The fraction of sp³-hybridized carbons (Fsp3) is 0.167. The predicted molar refractivity (Wildman–Crippen MR) is 97.8 cm³/mol. The molecule has 0 saturated carbocycles. The largest absolute Gasteiger partial charge is 0.447 e. The van der Waals surface area contributed by atoms with Crippen molar-refractivity contribution >= 4 is 23.4 Å². The van der Waals surface area contributed by atoms with Gasteiger partial charge in [0.2, 0.25) is 23.2 Å². The number of pyridine rings is 1. The topological polar surface area (TPSA) is 81.1 Å². The summed E-state index contributed by atoms with van der Waals surface area (Å²) < 4.78 is 6.18. The first kappa shape index (κ1) is 16.5. The number of para-hydroxylation sites is 1. The number of carbonyl (C=O) groups is 1.